The Morgan fingerprint density at radius 2 is 1.67 bits per heavy atom. The lowest BCUT2D eigenvalue weighted by atomic mass is 10.1. The lowest BCUT2D eigenvalue weighted by molar-refractivity contribution is -0.129. The van der Waals surface area contributed by atoms with Crippen LogP contribution in [0.3, 0.4) is 0 Å². The highest BCUT2D eigenvalue weighted by Gasteiger charge is 2.29. The number of aromatic nitrogens is 1. The summed E-state index contributed by atoms with van der Waals surface area (Å²) in [5.41, 5.74) is 1.86. The smallest absolute Gasteiger partial charge is 0.243 e. The minimum Gasteiger partial charge on any atom is -0.340 e. The molecule has 0 aliphatic carbocycles. The predicted molar refractivity (Wildman–Crippen MR) is 90.7 cm³/mol. The number of rotatable bonds is 3. The molecule has 3 rings (SSSR count). The third-order valence-electron chi connectivity index (χ3n) is 4.17. The van der Waals surface area contributed by atoms with Crippen LogP contribution < -0.4 is 0 Å². The molecule has 24 heavy (non-hydrogen) atoms. The summed E-state index contributed by atoms with van der Waals surface area (Å²) >= 11 is 0. The topological polar surface area (TPSA) is 70.6 Å². The lowest BCUT2D eigenvalue weighted by Crippen LogP contribution is -2.49. The molecule has 0 atom stereocenters. The van der Waals surface area contributed by atoms with E-state index < -0.39 is 10.0 Å². The maximum atomic E-state index is 12.7. The summed E-state index contributed by atoms with van der Waals surface area (Å²) in [4.78, 5) is 17.4. The number of carbonyl (C=O) groups excluding carboxylic acids is 1. The Balaban J connectivity index is 1.77. The van der Waals surface area contributed by atoms with Crippen molar-refractivity contribution in [1.29, 1.82) is 0 Å². The third kappa shape index (κ3) is 3.32. The number of carbonyl (C=O) groups is 1. The molecule has 1 fully saturated rings. The van der Waals surface area contributed by atoms with Gasteiger partial charge in [-0.25, -0.2) is 8.42 Å². The van der Waals surface area contributed by atoms with Gasteiger partial charge in [-0.1, -0.05) is 18.2 Å². The zero-order chi connectivity index (χ0) is 17.2. The van der Waals surface area contributed by atoms with E-state index in [1.165, 1.54) is 11.2 Å². The summed E-state index contributed by atoms with van der Waals surface area (Å²) in [7, 11) is -3.53. The molecule has 1 aliphatic heterocycles. The number of amides is 1. The maximum Gasteiger partial charge on any atom is 0.243 e. The normalized spacial score (nSPS) is 16.1. The molecule has 1 aromatic heterocycles. The Hall–Kier alpha value is -2.25. The van der Waals surface area contributed by atoms with Crippen LogP contribution in [0.25, 0.3) is 11.1 Å². The minimum atomic E-state index is -3.53. The molecule has 2 aromatic rings. The van der Waals surface area contributed by atoms with E-state index in [4.69, 9.17) is 0 Å². The second-order valence-corrected chi connectivity index (χ2v) is 7.61. The highest BCUT2D eigenvalue weighted by atomic mass is 32.2. The van der Waals surface area contributed by atoms with E-state index >= 15 is 0 Å². The predicted octanol–water partition coefficient (Wildman–Crippen LogP) is 1.60. The number of pyridine rings is 1. The van der Waals surface area contributed by atoms with Crippen molar-refractivity contribution in [3.63, 3.8) is 0 Å². The van der Waals surface area contributed by atoms with Gasteiger partial charge in [-0.2, -0.15) is 4.31 Å². The molecule has 0 N–H and O–H groups in total. The first kappa shape index (κ1) is 16.6. The summed E-state index contributed by atoms with van der Waals surface area (Å²) in [6.07, 6.45) is 3.44. The van der Waals surface area contributed by atoms with Gasteiger partial charge < -0.3 is 4.90 Å². The van der Waals surface area contributed by atoms with E-state index in [1.807, 2.05) is 12.1 Å². The highest BCUT2D eigenvalue weighted by molar-refractivity contribution is 7.89. The summed E-state index contributed by atoms with van der Waals surface area (Å²) in [5.74, 6) is -0.0205. The molecule has 6 nitrogen and oxygen atoms in total. The second-order valence-electron chi connectivity index (χ2n) is 5.68. The average molecular weight is 345 g/mol. The largest absolute Gasteiger partial charge is 0.340 e. The van der Waals surface area contributed by atoms with E-state index in [9.17, 15) is 13.2 Å². The van der Waals surface area contributed by atoms with Crippen molar-refractivity contribution >= 4 is 15.9 Å². The number of nitrogens with zero attached hydrogens (tertiary/aromatic N) is 3. The molecular formula is C17H19N3O3S. The van der Waals surface area contributed by atoms with Crippen LogP contribution in [-0.2, 0) is 14.8 Å². The first-order valence-electron chi connectivity index (χ1n) is 7.74. The van der Waals surface area contributed by atoms with Crippen LogP contribution in [0.4, 0.5) is 0 Å². The number of hydrogen-bond donors (Lipinski definition) is 0. The molecule has 1 saturated heterocycles. The maximum absolute atomic E-state index is 12.7. The van der Waals surface area contributed by atoms with E-state index in [-0.39, 0.29) is 10.8 Å². The standard InChI is InChI=1S/C17H19N3O3S/c1-14(21)19-9-11-20(12-10-19)24(22,23)17-6-4-15(5-7-17)16-3-2-8-18-13-16/h2-8,13H,9-12H2,1H3. The van der Waals surface area contributed by atoms with E-state index in [2.05, 4.69) is 4.98 Å². The van der Waals surface area contributed by atoms with Crippen LogP contribution >= 0.6 is 0 Å². The van der Waals surface area contributed by atoms with Crippen LogP contribution in [0, 0.1) is 0 Å². The molecule has 126 valence electrons. The summed E-state index contributed by atoms with van der Waals surface area (Å²) in [6, 6.07) is 10.6. The van der Waals surface area contributed by atoms with Crippen LogP contribution in [0.5, 0.6) is 0 Å². The van der Waals surface area contributed by atoms with Gasteiger partial charge in [-0.15, -0.1) is 0 Å². The fraction of sp³-hybridized carbons (Fsp3) is 0.294. The van der Waals surface area contributed by atoms with E-state index in [0.717, 1.165) is 11.1 Å². The van der Waals surface area contributed by atoms with Crippen molar-refractivity contribution in [2.75, 3.05) is 26.2 Å². The summed E-state index contributed by atoms with van der Waals surface area (Å²) < 4.78 is 26.9. The quantitative estimate of drug-likeness (QED) is 0.847. The monoisotopic (exact) mass is 345 g/mol. The zero-order valence-corrected chi connectivity index (χ0v) is 14.2. The molecule has 1 amide bonds. The van der Waals surface area contributed by atoms with Gasteiger partial charge in [0, 0.05) is 45.5 Å². The summed E-state index contributed by atoms with van der Waals surface area (Å²) in [5, 5.41) is 0. The van der Waals surface area contributed by atoms with Gasteiger partial charge >= 0.3 is 0 Å². The highest BCUT2D eigenvalue weighted by Crippen LogP contribution is 2.23. The summed E-state index contributed by atoms with van der Waals surface area (Å²) in [6.45, 7) is 3.02. The van der Waals surface area contributed by atoms with E-state index in [1.54, 1.807) is 41.6 Å². The van der Waals surface area contributed by atoms with Crippen LogP contribution in [-0.4, -0.2) is 54.7 Å². The molecule has 0 spiro atoms. The van der Waals surface area contributed by atoms with Crippen LogP contribution in [0.2, 0.25) is 0 Å². The fourth-order valence-electron chi connectivity index (χ4n) is 2.75. The molecule has 0 radical (unpaired) electrons. The Labute approximate surface area is 141 Å². The Morgan fingerprint density at radius 1 is 1.00 bits per heavy atom. The molecule has 7 heteroatoms. The van der Waals surface area contributed by atoms with Crippen molar-refractivity contribution in [3.05, 3.63) is 48.8 Å². The SMILES string of the molecule is CC(=O)N1CCN(S(=O)(=O)c2ccc(-c3cccnc3)cc2)CC1. The van der Waals surface area contributed by atoms with E-state index in [0.29, 0.717) is 26.2 Å². The number of benzene rings is 1. The first-order valence-corrected chi connectivity index (χ1v) is 9.18. The zero-order valence-electron chi connectivity index (χ0n) is 13.4. The van der Waals surface area contributed by atoms with Crippen LogP contribution in [0.15, 0.2) is 53.7 Å². The van der Waals surface area contributed by atoms with Crippen molar-refractivity contribution in [2.45, 2.75) is 11.8 Å². The van der Waals surface area contributed by atoms with Gasteiger partial charge in [-0.3, -0.25) is 9.78 Å². The van der Waals surface area contributed by atoms with Crippen LogP contribution in [0.1, 0.15) is 6.92 Å². The molecule has 0 saturated carbocycles. The number of hydrogen-bond acceptors (Lipinski definition) is 4. The van der Waals surface area contributed by atoms with Crippen molar-refractivity contribution in [1.82, 2.24) is 14.2 Å². The molecule has 1 aromatic carbocycles. The molecule has 0 unspecified atom stereocenters. The third-order valence-corrected chi connectivity index (χ3v) is 6.08. The lowest BCUT2D eigenvalue weighted by Gasteiger charge is -2.33. The Kier molecular flexibility index (Phi) is 4.64. The van der Waals surface area contributed by atoms with Gasteiger partial charge in [0.15, 0.2) is 0 Å². The number of piperazine rings is 1. The van der Waals surface area contributed by atoms with Gasteiger partial charge in [-0.05, 0) is 29.3 Å². The molecule has 2 heterocycles. The fourth-order valence-corrected chi connectivity index (χ4v) is 4.17. The molecule has 0 bridgehead atoms. The van der Waals surface area contributed by atoms with Crippen molar-refractivity contribution < 1.29 is 13.2 Å². The minimum absolute atomic E-state index is 0.0205. The van der Waals surface area contributed by atoms with Crippen molar-refractivity contribution in [3.8, 4) is 11.1 Å². The van der Waals surface area contributed by atoms with Crippen molar-refractivity contribution in [2.24, 2.45) is 0 Å². The Bertz CT molecular complexity index is 812. The molecule has 1 aliphatic rings. The first-order chi connectivity index (χ1) is 11.5. The molecular weight excluding hydrogens is 326 g/mol. The van der Waals surface area contributed by atoms with Gasteiger partial charge in [0.1, 0.15) is 0 Å². The second kappa shape index (κ2) is 6.70. The Morgan fingerprint density at radius 3 is 2.21 bits per heavy atom. The van der Waals surface area contributed by atoms with Gasteiger partial charge in [0.05, 0.1) is 4.90 Å². The van der Waals surface area contributed by atoms with Gasteiger partial charge in [0.2, 0.25) is 15.9 Å². The van der Waals surface area contributed by atoms with Gasteiger partial charge in [0.25, 0.3) is 0 Å². The number of sulfonamides is 1. The average Bonchev–Trinajstić information content (AvgIpc) is 2.62.